The molecular weight excluding hydrogens is 406 g/mol. The van der Waals surface area contributed by atoms with Gasteiger partial charge in [0.2, 0.25) is 0 Å². The Labute approximate surface area is 185 Å². The van der Waals surface area contributed by atoms with Crippen LogP contribution in [0.5, 0.6) is 0 Å². The Balaban J connectivity index is 1.78. The van der Waals surface area contributed by atoms with Crippen molar-refractivity contribution in [2.75, 3.05) is 5.73 Å². The van der Waals surface area contributed by atoms with Crippen LogP contribution in [0.4, 0.5) is 5.82 Å². The van der Waals surface area contributed by atoms with Crippen molar-refractivity contribution in [3.05, 3.63) is 90.6 Å². The topological polar surface area (TPSA) is 69.6 Å². The Morgan fingerprint density at radius 3 is 2.35 bits per heavy atom. The predicted octanol–water partition coefficient (Wildman–Crippen LogP) is 6.03. The number of nitrogen functional groups attached to an aromatic ring is 1. The number of hydrogen-bond donors (Lipinski definition) is 1. The van der Waals surface area contributed by atoms with Crippen molar-refractivity contribution in [3.63, 3.8) is 0 Å². The Hall–Kier alpha value is -3.70. The average Bonchev–Trinajstić information content (AvgIpc) is 3.18. The van der Waals surface area contributed by atoms with Gasteiger partial charge in [0.1, 0.15) is 11.3 Å². The molecule has 0 radical (unpaired) electrons. The van der Waals surface area contributed by atoms with Gasteiger partial charge in [0.05, 0.1) is 16.6 Å². The number of pyridine rings is 2. The molecule has 0 bridgehead atoms. The number of hydrogen-bond acceptors (Lipinski definition) is 4. The molecule has 0 aliphatic rings. The van der Waals surface area contributed by atoms with Crippen LogP contribution in [0.3, 0.4) is 0 Å². The maximum atomic E-state index is 6.26. The highest BCUT2D eigenvalue weighted by Gasteiger charge is 2.18. The van der Waals surface area contributed by atoms with E-state index < -0.39 is 0 Å². The van der Waals surface area contributed by atoms with E-state index in [4.69, 9.17) is 27.3 Å². The van der Waals surface area contributed by atoms with E-state index in [9.17, 15) is 0 Å². The summed E-state index contributed by atoms with van der Waals surface area (Å²) in [5.74, 6) is 1.12. The lowest BCUT2D eigenvalue weighted by molar-refractivity contribution is 1.05. The van der Waals surface area contributed by atoms with Gasteiger partial charge < -0.3 is 5.73 Å². The van der Waals surface area contributed by atoms with Crippen molar-refractivity contribution in [1.29, 1.82) is 0 Å². The Morgan fingerprint density at radius 1 is 0.871 bits per heavy atom. The van der Waals surface area contributed by atoms with Gasteiger partial charge in [-0.15, -0.1) is 11.6 Å². The van der Waals surface area contributed by atoms with Crippen LogP contribution in [0.2, 0.25) is 0 Å². The molecule has 0 spiro atoms. The number of benzene rings is 2. The van der Waals surface area contributed by atoms with Crippen LogP contribution in [0.1, 0.15) is 17.9 Å². The first-order valence-corrected chi connectivity index (χ1v) is 10.5. The van der Waals surface area contributed by atoms with Crippen LogP contribution in [0, 0.1) is 0 Å². The molecule has 0 fully saturated rings. The molecule has 5 nitrogen and oxygen atoms in total. The van der Waals surface area contributed by atoms with Crippen molar-refractivity contribution in [2.45, 2.75) is 12.3 Å². The predicted molar refractivity (Wildman–Crippen MR) is 126 cm³/mol. The lowest BCUT2D eigenvalue weighted by atomic mass is 10.1. The summed E-state index contributed by atoms with van der Waals surface area (Å²) in [6.45, 7) is 1.96. The lowest BCUT2D eigenvalue weighted by Crippen LogP contribution is -2.02. The second-order valence-corrected chi connectivity index (χ2v) is 7.97. The third-order valence-corrected chi connectivity index (χ3v) is 5.52. The van der Waals surface area contributed by atoms with E-state index in [1.807, 2.05) is 90.4 Å². The number of aromatic nitrogens is 4. The van der Waals surface area contributed by atoms with Crippen LogP contribution >= 0.6 is 11.6 Å². The molecule has 5 aromatic rings. The highest BCUT2D eigenvalue weighted by atomic mass is 35.5. The summed E-state index contributed by atoms with van der Waals surface area (Å²) in [6, 6.07) is 26.0. The quantitative estimate of drug-likeness (QED) is 0.357. The molecule has 5 rings (SSSR count). The second-order valence-electron chi connectivity index (χ2n) is 7.32. The van der Waals surface area contributed by atoms with Crippen molar-refractivity contribution in [3.8, 4) is 28.3 Å². The van der Waals surface area contributed by atoms with E-state index in [0.29, 0.717) is 11.6 Å². The van der Waals surface area contributed by atoms with Crippen LogP contribution in [0.15, 0.2) is 85.1 Å². The van der Waals surface area contributed by atoms with Crippen LogP contribution in [-0.2, 0) is 0 Å². The molecule has 1 unspecified atom stereocenters. The van der Waals surface area contributed by atoms with E-state index >= 15 is 0 Å². The Bertz CT molecular complexity index is 1360. The highest BCUT2D eigenvalue weighted by molar-refractivity contribution is 6.20. The van der Waals surface area contributed by atoms with E-state index in [2.05, 4.69) is 4.98 Å². The summed E-state index contributed by atoms with van der Waals surface area (Å²) in [6.07, 6.45) is 1.67. The molecule has 3 aromatic heterocycles. The standard InChI is InChI=1S/C25H20ClN5/c1-16(26)17-9-11-19(12-10-17)31-24(20-8-5-15-28-23(20)27)30-22-14-13-21(29-25(22)31)18-6-3-2-4-7-18/h2-16H,1H3,(H2,27,28). The maximum Gasteiger partial charge on any atom is 0.165 e. The van der Waals surface area contributed by atoms with Crippen LogP contribution in [-0.4, -0.2) is 19.5 Å². The zero-order valence-corrected chi connectivity index (χ0v) is 17.7. The minimum atomic E-state index is -0.0650. The minimum Gasteiger partial charge on any atom is -0.383 e. The number of nitrogens with zero attached hydrogens (tertiary/aromatic N) is 4. The van der Waals surface area contributed by atoms with Crippen molar-refractivity contribution < 1.29 is 0 Å². The van der Waals surface area contributed by atoms with Gasteiger partial charge in [0, 0.05) is 17.4 Å². The molecule has 1 atom stereocenters. The molecule has 0 aliphatic heterocycles. The molecule has 31 heavy (non-hydrogen) atoms. The molecule has 0 amide bonds. The van der Waals surface area contributed by atoms with E-state index in [-0.39, 0.29) is 5.38 Å². The largest absolute Gasteiger partial charge is 0.383 e. The molecule has 6 heteroatoms. The molecule has 0 saturated heterocycles. The third kappa shape index (κ3) is 3.53. The third-order valence-electron chi connectivity index (χ3n) is 5.26. The first kappa shape index (κ1) is 19.3. The smallest absolute Gasteiger partial charge is 0.165 e. The number of imidazole rings is 1. The van der Waals surface area contributed by atoms with Crippen LogP contribution in [0.25, 0.3) is 39.5 Å². The lowest BCUT2D eigenvalue weighted by Gasteiger charge is -2.12. The minimum absolute atomic E-state index is 0.0650. The number of alkyl halides is 1. The van der Waals surface area contributed by atoms with Gasteiger partial charge in [-0.25, -0.2) is 15.0 Å². The summed E-state index contributed by atoms with van der Waals surface area (Å²) in [4.78, 5) is 14.1. The molecule has 2 aromatic carbocycles. The normalized spacial score (nSPS) is 12.2. The van der Waals surface area contributed by atoms with Gasteiger partial charge in [-0.3, -0.25) is 4.57 Å². The monoisotopic (exact) mass is 425 g/mol. The van der Waals surface area contributed by atoms with Gasteiger partial charge in [-0.1, -0.05) is 42.5 Å². The number of fused-ring (bicyclic) bond motifs is 1. The summed E-state index contributed by atoms with van der Waals surface area (Å²) in [7, 11) is 0. The molecule has 0 aliphatic carbocycles. The van der Waals surface area contributed by atoms with Gasteiger partial charge in [0.15, 0.2) is 11.5 Å². The van der Waals surface area contributed by atoms with E-state index in [1.165, 1.54) is 0 Å². The van der Waals surface area contributed by atoms with Crippen molar-refractivity contribution in [1.82, 2.24) is 19.5 Å². The van der Waals surface area contributed by atoms with Crippen molar-refractivity contribution >= 4 is 28.6 Å². The van der Waals surface area contributed by atoms with Crippen LogP contribution < -0.4 is 5.73 Å². The molecule has 0 saturated carbocycles. The summed E-state index contributed by atoms with van der Waals surface area (Å²) in [5.41, 5.74) is 12.4. The fourth-order valence-corrected chi connectivity index (χ4v) is 3.79. The van der Waals surface area contributed by atoms with Gasteiger partial charge >= 0.3 is 0 Å². The SMILES string of the molecule is CC(Cl)c1ccc(-n2c(-c3cccnc3N)nc3ccc(-c4ccccc4)nc32)cc1. The highest BCUT2D eigenvalue weighted by Crippen LogP contribution is 2.32. The molecule has 3 heterocycles. The number of anilines is 1. The summed E-state index contributed by atoms with van der Waals surface area (Å²) in [5, 5.41) is -0.0650. The number of rotatable bonds is 4. The molecular formula is C25H20ClN5. The first-order chi connectivity index (χ1) is 15.1. The fraction of sp³-hybridized carbons (Fsp3) is 0.0800. The Kier molecular flexibility index (Phi) is 4.88. The van der Waals surface area contributed by atoms with Gasteiger partial charge in [0.25, 0.3) is 0 Å². The summed E-state index contributed by atoms with van der Waals surface area (Å²) < 4.78 is 2.03. The van der Waals surface area contributed by atoms with Gasteiger partial charge in [-0.05, 0) is 48.9 Å². The van der Waals surface area contributed by atoms with E-state index in [0.717, 1.165) is 39.2 Å². The average molecular weight is 426 g/mol. The number of halogens is 1. The van der Waals surface area contributed by atoms with E-state index in [1.54, 1.807) is 6.20 Å². The second kappa shape index (κ2) is 7.85. The molecule has 2 N–H and O–H groups in total. The zero-order valence-electron chi connectivity index (χ0n) is 16.9. The van der Waals surface area contributed by atoms with Gasteiger partial charge in [-0.2, -0.15) is 0 Å². The number of nitrogens with two attached hydrogens (primary N) is 1. The van der Waals surface area contributed by atoms with Crippen molar-refractivity contribution in [2.24, 2.45) is 0 Å². The maximum absolute atomic E-state index is 6.26. The summed E-state index contributed by atoms with van der Waals surface area (Å²) >= 11 is 6.26. The Morgan fingerprint density at radius 2 is 1.65 bits per heavy atom. The first-order valence-electron chi connectivity index (χ1n) is 10.0. The molecule has 152 valence electrons. The fourth-order valence-electron chi connectivity index (χ4n) is 3.65. The zero-order chi connectivity index (χ0) is 21.4.